The van der Waals surface area contributed by atoms with Gasteiger partial charge in [0.15, 0.2) is 0 Å². The molecule has 2 aliphatic rings. The smallest absolute Gasteiger partial charge is 0.0726 e. The lowest BCUT2D eigenvalue weighted by molar-refractivity contribution is -0.00521. The molecule has 0 radical (unpaired) electrons. The molecule has 0 amide bonds. The van der Waals surface area contributed by atoms with Crippen LogP contribution in [-0.2, 0) is 4.74 Å². The molecule has 0 bridgehead atoms. The van der Waals surface area contributed by atoms with Crippen LogP contribution in [0.25, 0.3) is 0 Å². The average Bonchev–Trinajstić information content (AvgIpc) is 2.56. The van der Waals surface area contributed by atoms with Crippen molar-refractivity contribution in [2.24, 2.45) is 5.92 Å². The normalized spacial score (nSPS) is 26.3. The number of nitrogens with one attached hydrogen (secondary N) is 2. The van der Waals surface area contributed by atoms with Crippen LogP contribution in [0.4, 0.5) is 11.4 Å². The molecule has 4 heteroatoms. The summed E-state index contributed by atoms with van der Waals surface area (Å²) in [5.41, 5.74) is 2.54. The van der Waals surface area contributed by atoms with E-state index in [1.807, 2.05) is 0 Å². The molecule has 2 atom stereocenters. The summed E-state index contributed by atoms with van der Waals surface area (Å²) in [5, 5.41) is 7.01. The van der Waals surface area contributed by atoms with Crippen LogP contribution < -0.4 is 15.5 Å². The van der Waals surface area contributed by atoms with Crippen LogP contribution in [0.3, 0.4) is 0 Å². The highest BCUT2D eigenvalue weighted by molar-refractivity contribution is 5.55. The van der Waals surface area contributed by atoms with Gasteiger partial charge >= 0.3 is 0 Å². The Morgan fingerprint density at radius 1 is 1.09 bits per heavy atom. The molecule has 0 aromatic heterocycles. The first-order chi connectivity index (χ1) is 11.2. The van der Waals surface area contributed by atoms with Crippen molar-refractivity contribution in [2.45, 2.75) is 45.3 Å². The van der Waals surface area contributed by atoms with E-state index in [9.17, 15) is 0 Å². The van der Waals surface area contributed by atoms with Crippen LogP contribution in [0.2, 0.25) is 0 Å². The maximum Gasteiger partial charge on any atom is 0.0726 e. The number of nitrogens with zero attached hydrogens (tertiary/aromatic N) is 1. The lowest BCUT2D eigenvalue weighted by Crippen LogP contribution is -2.45. The van der Waals surface area contributed by atoms with Gasteiger partial charge in [0.05, 0.1) is 12.2 Å². The van der Waals surface area contributed by atoms with E-state index in [4.69, 9.17) is 4.74 Å². The van der Waals surface area contributed by atoms with Gasteiger partial charge in [-0.3, -0.25) is 0 Å². The van der Waals surface area contributed by atoms with Gasteiger partial charge in [-0.15, -0.1) is 0 Å². The van der Waals surface area contributed by atoms with Gasteiger partial charge in [0.2, 0.25) is 0 Å². The molecule has 1 aromatic rings. The Hall–Kier alpha value is -1.26. The van der Waals surface area contributed by atoms with Crippen molar-refractivity contribution in [1.82, 2.24) is 5.32 Å². The highest BCUT2D eigenvalue weighted by atomic mass is 16.5. The fourth-order valence-electron chi connectivity index (χ4n) is 3.77. The van der Waals surface area contributed by atoms with Crippen LogP contribution in [-0.4, -0.2) is 44.9 Å². The van der Waals surface area contributed by atoms with Crippen LogP contribution in [0, 0.1) is 5.92 Å². The number of morpholine rings is 1. The summed E-state index contributed by atoms with van der Waals surface area (Å²) in [5.74, 6) is 0.888. The summed E-state index contributed by atoms with van der Waals surface area (Å²) in [6.45, 7) is 9.72. The Bertz CT molecular complexity index is 460. The fourth-order valence-corrected chi connectivity index (χ4v) is 3.77. The van der Waals surface area contributed by atoms with Crippen molar-refractivity contribution in [3.05, 3.63) is 24.3 Å². The molecule has 128 valence electrons. The predicted molar refractivity (Wildman–Crippen MR) is 97.4 cm³/mol. The lowest BCUT2D eigenvalue weighted by Gasteiger charge is -2.36. The molecule has 0 aliphatic carbocycles. The second-order valence-corrected chi connectivity index (χ2v) is 7.12. The standard InChI is InChI=1S/C19H31N3O/c1-15-13-22(14-16(2)23-15)19-5-3-18(4-6-19)21-12-9-17-7-10-20-11-8-17/h3-6,15-17,20-21H,7-14H2,1-2H3. The van der Waals surface area contributed by atoms with E-state index < -0.39 is 0 Å². The zero-order valence-corrected chi connectivity index (χ0v) is 14.6. The quantitative estimate of drug-likeness (QED) is 0.875. The summed E-state index contributed by atoms with van der Waals surface area (Å²) >= 11 is 0. The van der Waals surface area contributed by atoms with Crippen LogP contribution in [0.1, 0.15) is 33.1 Å². The summed E-state index contributed by atoms with van der Waals surface area (Å²) in [4.78, 5) is 2.43. The maximum atomic E-state index is 5.81. The summed E-state index contributed by atoms with van der Waals surface area (Å²) in [6.07, 6.45) is 4.55. The molecular weight excluding hydrogens is 286 g/mol. The number of ether oxygens (including phenoxy) is 1. The van der Waals surface area contributed by atoms with E-state index in [2.05, 4.69) is 53.6 Å². The zero-order chi connectivity index (χ0) is 16.1. The fraction of sp³-hybridized carbons (Fsp3) is 0.684. The molecule has 2 N–H and O–H groups in total. The van der Waals surface area contributed by atoms with Crippen molar-refractivity contribution in [1.29, 1.82) is 0 Å². The van der Waals surface area contributed by atoms with Gasteiger partial charge in [0, 0.05) is 31.0 Å². The number of hydrogen-bond donors (Lipinski definition) is 2. The van der Waals surface area contributed by atoms with Gasteiger partial charge in [-0.25, -0.2) is 0 Å². The minimum Gasteiger partial charge on any atom is -0.385 e. The summed E-state index contributed by atoms with van der Waals surface area (Å²) < 4.78 is 5.81. The third-order valence-electron chi connectivity index (χ3n) is 4.99. The van der Waals surface area contributed by atoms with Gasteiger partial charge in [-0.2, -0.15) is 0 Å². The van der Waals surface area contributed by atoms with E-state index in [-0.39, 0.29) is 0 Å². The number of benzene rings is 1. The van der Waals surface area contributed by atoms with Gasteiger partial charge in [0.25, 0.3) is 0 Å². The van der Waals surface area contributed by atoms with Gasteiger partial charge in [-0.1, -0.05) is 0 Å². The molecule has 1 aromatic carbocycles. The minimum absolute atomic E-state index is 0.307. The molecule has 2 aliphatic heterocycles. The molecule has 2 unspecified atom stereocenters. The molecule has 2 fully saturated rings. The second kappa shape index (κ2) is 8.02. The second-order valence-electron chi connectivity index (χ2n) is 7.12. The molecular formula is C19H31N3O. The largest absolute Gasteiger partial charge is 0.385 e. The molecule has 23 heavy (non-hydrogen) atoms. The third kappa shape index (κ3) is 4.85. The average molecular weight is 317 g/mol. The van der Waals surface area contributed by atoms with Gasteiger partial charge in [-0.05, 0) is 76.4 Å². The lowest BCUT2D eigenvalue weighted by atomic mass is 9.95. The molecule has 3 rings (SSSR count). The van der Waals surface area contributed by atoms with Crippen molar-refractivity contribution in [3.63, 3.8) is 0 Å². The SMILES string of the molecule is CC1CN(c2ccc(NCCC3CCNCC3)cc2)CC(C)O1. The van der Waals surface area contributed by atoms with Gasteiger partial charge < -0.3 is 20.3 Å². The number of rotatable bonds is 5. The Labute approximate surface area is 140 Å². The monoisotopic (exact) mass is 317 g/mol. The Morgan fingerprint density at radius 2 is 1.74 bits per heavy atom. The van der Waals surface area contributed by atoms with Crippen molar-refractivity contribution in [2.75, 3.05) is 42.9 Å². The number of piperidine rings is 1. The maximum absolute atomic E-state index is 5.81. The van der Waals surface area contributed by atoms with Crippen molar-refractivity contribution < 1.29 is 4.74 Å². The highest BCUT2D eigenvalue weighted by Gasteiger charge is 2.22. The third-order valence-corrected chi connectivity index (χ3v) is 4.99. The van der Waals surface area contributed by atoms with Crippen molar-refractivity contribution in [3.8, 4) is 0 Å². The molecule has 0 saturated carbocycles. The first-order valence-electron chi connectivity index (χ1n) is 9.16. The van der Waals surface area contributed by atoms with E-state index in [0.717, 1.165) is 25.6 Å². The number of anilines is 2. The topological polar surface area (TPSA) is 36.5 Å². The Kier molecular flexibility index (Phi) is 5.79. The number of hydrogen-bond acceptors (Lipinski definition) is 4. The van der Waals surface area contributed by atoms with E-state index >= 15 is 0 Å². The summed E-state index contributed by atoms with van der Waals surface area (Å²) in [6, 6.07) is 8.89. The van der Waals surface area contributed by atoms with Gasteiger partial charge in [0.1, 0.15) is 0 Å². The Balaban J connectivity index is 1.46. The molecule has 2 heterocycles. The van der Waals surface area contributed by atoms with E-state index in [1.54, 1.807) is 0 Å². The molecule has 0 spiro atoms. The first-order valence-corrected chi connectivity index (χ1v) is 9.16. The van der Waals surface area contributed by atoms with Crippen LogP contribution in [0.15, 0.2) is 24.3 Å². The van der Waals surface area contributed by atoms with Crippen LogP contribution in [0.5, 0.6) is 0 Å². The van der Waals surface area contributed by atoms with E-state index in [0.29, 0.717) is 12.2 Å². The van der Waals surface area contributed by atoms with E-state index in [1.165, 1.54) is 43.7 Å². The highest BCUT2D eigenvalue weighted by Crippen LogP contribution is 2.23. The summed E-state index contributed by atoms with van der Waals surface area (Å²) in [7, 11) is 0. The Morgan fingerprint density at radius 3 is 2.39 bits per heavy atom. The molecule has 4 nitrogen and oxygen atoms in total. The predicted octanol–water partition coefficient (Wildman–Crippen LogP) is 3.10. The van der Waals surface area contributed by atoms with Crippen molar-refractivity contribution >= 4 is 11.4 Å². The zero-order valence-electron chi connectivity index (χ0n) is 14.6. The van der Waals surface area contributed by atoms with Crippen LogP contribution >= 0.6 is 0 Å². The first kappa shape index (κ1) is 16.6. The minimum atomic E-state index is 0.307. The molecule has 2 saturated heterocycles.